The van der Waals surface area contributed by atoms with Crippen molar-refractivity contribution < 1.29 is 23.1 Å². The van der Waals surface area contributed by atoms with E-state index in [2.05, 4.69) is 32.2 Å². The fraction of sp³-hybridized carbons (Fsp3) is 0.300. The van der Waals surface area contributed by atoms with Crippen molar-refractivity contribution in [3.63, 3.8) is 0 Å². The maximum atomic E-state index is 5.43. The van der Waals surface area contributed by atoms with Crippen LogP contribution >= 0.6 is 0 Å². The van der Waals surface area contributed by atoms with Crippen LogP contribution in [-0.4, -0.2) is 13.3 Å². The van der Waals surface area contributed by atoms with E-state index in [4.69, 9.17) is 4.74 Å². The van der Waals surface area contributed by atoms with Gasteiger partial charge in [0.1, 0.15) is 12.4 Å². The van der Waals surface area contributed by atoms with Crippen molar-refractivity contribution in [2.75, 3.05) is 6.61 Å². The Hall–Kier alpha value is -1.09. The molecule has 0 heterocycles. The normalized spacial score (nSPS) is 13.8. The zero-order valence-electron chi connectivity index (χ0n) is 14.8. The summed E-state index contributed by atoms with van der Waals surface area (Å²) in [5.41, 5.74) is 1.58. The molecule has 1 aliphatic rings. The molecule has 122 valence electrons. The number of para-hydroxylation sites is 1. The molecule has 0 unspecified atom stereocenters. The molecule has 0 saturated carbocycles. The second-order valence-electron chi connectivity index (χ2n) is 5.65. The Morgan fingerprint density at radius 1 is 1.17 bits per heavy atom. The molecule has 0 atom stereocenters. The molecule has 0 N–H and O–H groups in total. The maximum Gasteiger partial charge on any atom is 0.119 e. The van der Waals surface area contributed by atoms with Crippen molar-refractivity contribution >= 4 is 6.66 Å². The molecule has 0 spiro atoms. The predicted molar refractivity (Wildman–Crippen MR) is 101 cm³/mol. The number of hydrogen-bond donors (Lipinski definition) is 0. The van der Waals surface area contributed by atoms with E-state index in [1.165, 1.54) is 6.42 Å². The number of benzene rings is 1. The number of ether oxygens (including phenoxy) is 1. The summed E-state index contributed by atoms with van der Waals surface area (Å²) < 4.78 is 7.25. The molecule has 23 heavy (non-hydrogen) atoms. The monoisotopic (exact) mass is 360 g/mol. The van der Waals surface area contributed by atoms with Gasteiger partial charge in [-0.05, 0) is 25.1 Å². The van der Waals surface area contributed by atoms with Gasteiger partial charge in [-0.25, -0.2) is 0 Å². The molecule has 2 rings (SSSR count). The third kappa shape index (κ3) is 9.60. The Morgan fingerprint density at radius 3 is 2.48 bits per heavy atom. The summed E-state index contributed by atoms with van der Waals surface area (Å²) in [6.07, 6.45) is 13.8. The summed E-state index contributed by atoms with van der Waals surface area (Å²) in [7, 11) is 0. The molecule has 0 saturated heterocycles. The Labute approximate surface area is 151 Å². The summed E-state index contributed by atoms with van der Waals surface area (Å²) in [5.74, 6) is 0.910. The van der Waals surface area contributed by atoms with Crippen LogP contribution in [0.4, 0.5) is 0 Å². The molecule has 0 aliphatic heterocycles. The molecule has 0 bridgehead atoms. The average molecular weight is 360 g/mol. The molecule has 1 aromatic carbocycles. The van der Waals surface area contributed by atoms with Gasteiger partial charge >= 0.3 is 73.1 Å². The average Bonchev–Trinajstić information content (AvgIpc) is 2.93. The number of rotatable bonds is 6. The summed E-state index contributed by atoms with van der Waals surface area (Å²) in [4.78, 5) is 0. The fourth-order valence-electron chi connectivity index (χ4n) is 2.04. The molecular formula is C20H28OSiTi. The van der Waals surface area contributed by atoms with Crippen molar-refractivity contribution in [1.29, 1.82) is 0 Å². The van der Waals surface area contributed by atoms with E-state index >= 15 is 0 Å². The quantitative estimate of drug-likeness (QED) is 0.482. The molecule has 0 amide bonds. The summed E-state index contributed by atoms with van der Waals surface area (Å²) in [6.45, 7) is 9.58. The predicted octanol–water partition coefficient (Wildman–Crippen LogP) is 5.48. The van der Waals surface area contributed by atoms with Crippen LogP contribution in [0.2, 0.25) is 13.1 Å². The zero-order chi connectivity index (χ0) is 16.9. The van der Waals surface area contributed by atoms with E-state index in [1.807, 2.05) is 65.4 Å². The number of allylic oxidation sites excluding steroid dienone is 7. The van der Waals surface area contributed by atoms with Gasteiger partial charge < -0.3 is 4.74 Å². The Kier molecular flexibility index (Phi) is 10.7. The maximum absolute atomic E-state index is 5.43. The van der Waals surface area contributed by atoms with Crippen LogP contribution < -0.4 is 4.74 Å². The fourth-order valence-corrected chi connectivity index (χ4v) is 8.28. The van der Waals surface area contributed by atoms with Gasteiger partial charge in [-0.2, -0.15) is 0 Å². The van der Waals surface area contributed by atoms with Gasteiger partial charge in [-0.15, -0.1) is 0 Å². The van der Waals surface area contributed by atoms with Crippen molar-refractivity contribution in [2.45, 2.75) is 33.4 Å². The van der Waals surface area contributed by atoms with Gasteiger partial charge in [0.05, 0.1) is 0 Å². The molecule has 0 fully saturated rings. The first-order valence-electron chi connectivity index (χ1n) is 8.22. The van der Waals surface area contributed by atoms with Crippen molar-refractivity contribution in [2.24, 2.45) is 0 Å². The van der Waals surface area contributed by atoms with E-state index in [0.29, 0.717) is 25.0 Å². The van der Waals surface area contributed by atoms with Gasteiger partial charge in [-0.1, -0.05) is 36.4 Å². The van der Waals surface area contributed by atoms with E-state index in [9.17, 15) is 0 Å². The first-order valence-corrected chi connectivity index (χ1v) is 14.6. The SMILES string of the molecule is CC1=[C]([Ti][SiH](C)C)CC=C1.CC=CC=CCOc1ccccc1. The van der Waals surface area contributed by atoms with Gasteiger partial charge in [0, 0.05) is 0 Å². The Morgan fingerprint density at radius 2 is 1.91 bits per heavy atom. The minimum atomic E-state index is -0.235. The van der Waals surface area contributed by atoms with Crippen LogP contribution in [0.1, 0.15) is 20.3 Å². The molecular weight excluding hydrogens is 332 g/mol. The van der Waals surface area contributed by atoms with Crippen molar-refractivity contribution in [3.05, 3.63) is 76.2 Å². The molecule has 1 aromatic rings. The zero-order valence-corrected chi connectivity index (χ0v) is 17.5. The summed E-state index contributed by atoms with van der Waals surface area (Å²) >= 11 is 0.350. The molecule has 1 aliphatic carbocycles. The Balaban J connectivity index is 0.000000238. The van der Waals surface area contributed by atoms with Crippen LogP contribution in [0, 0.1) is 0 Å². The van der Waals surface area contributed by atoms with Crippen molar-refractivity contribution in [3.8, 4) is 5.75 Å². The van der Waals surface area contributed by atoms with E-state index in [1.54, 1.807) is 5.57 Å². The topological polar surface area (TPSA) is 9.23 Å². The van der Waals surface area contributed by atoms with Crippen molar-refractivity contribution in [1.82, 2.24) is 0 Å². The minimum Gasteiger partial charge on any atom is -0.490 e. The van der Waals surface area contributed by atoms with E-state index in [0.717, 1.165) is 5.75 Å². The molecule has 0 aromatic heterocycles. The first kappa shape index (κ1) is 20.0. The van der Waals surface area contributed by atoms with Crippen LogP contribution in [0.5, 0.6) is 5.75 Å². The van der Waals surface area contributed by atoms with Crippen LogP contribution in [0.3, 0.4) is 0 Å². The minimum absolute atomic E-state index is 0.235. The standard InChI is InChI=1S/C12H14O.C6H7.C2H7Si.Ti/c1-2-3-4-8-11-13-12-9-6-5-7-10-12;1-6-4-2-3-5-6;1-3-2;/h2-10H,11H2,1H3;2,4H,3H2,1H3;3H,1-2H3;. The molecule has 3 heteroatoms. The van der Waals surface area contributed by atoms with Crippen LogP contribution in [0.15, 0.2) is 76.2 Å². The second-order valence-corrected chi connectivity index (χ2v) is 15.9. The third-order valence-corrected chi connectivity index (χ3v) is 9.36. The second kappa shape index (κ2) is 12.3. The summed E-state index contributed by atoms with van der Waals surface area (Å²) in [6, 6.07) is 9.80. The molecule has 1 nitrogen and oxygen atoms in total. The third-order valence-electron chi connectivity index (χ3n) is 3.16. The van der Waals surface area contributed by atoms with Crippen LogP contribution in [-0.2, 0) is 18.4 Å². The van der Waals surface area contributed by atoms with Gasteiger partial charge in [0.25, 0.3) is 0 Å². The van der Waals surface area contributed by atoms with E-state index in [-0.39, 0.29) is 6.66 Å². The van der Waals surface area contributed by atoms with Gasteiger partial charge in [-0.3, -0.25) is 0 Å². The van der Waals surface area contributed by atoms with Crippen LogP contribution in [0.25, 0.3) is 0 Å². The Bertz CT molecular complexity index is 556. The largest absolute Gasteiger partial charge is 0.490 e. The van der Waals surface area contributed by atoms with Gasteiger partial charge in [0.15, 0.2) is 0 Å². The smallest absolute Gasteiger partial charge is 0.119 e. The molecule has 0 radical (unpaired) electrons. The summed E-state index contributed by atoms with van der Waals surface area (Å²) in [5, 5.41) is 0. The first-order chi connectivity index (χ1) is 11.1. The number of hydrogen-bond acceptors (Lipinski definition) is 1. The van der Waals surface area contributed by atoms with E-state index < -0.39 is 0 Å². The van der Waals surface area contributed by atoms with Gasteiger partial charge in [0.2, 0.25) is 0 Å².